The normalized spacial score (nSPS) is 11.7. The van der Waals surface area contributed by atoms with E-state index in [2.05, 4.69) is 0 Å². The standard InChI is InChI=1S/C15H12FNO2/c1-10(18)13-3-2-4-14(16)15(13)19-12-7-5-11(9-17)6-8-12/h2-8,10,18H,1H3/t10-/m0/s1. The first-order chi connectivity index (χ1) is 9.11. The van der Waals surface area contributed by atoms with Crippen LogP contribution in [0.3, 0.4) is 0 Å². The van der Waals surface area contributed by atoms with E-state index in [-0.39, 0.29) is 5.75 Å². The maximum Gasteiger partial charge on any atom is 0.168 e. The Hall–Kier alpha value is -2.38. The van der Waals surface area contributed by atoms with Gasteiger partial charge >= 0.3 is 0 Å². The molecule has 0 aromatic heterocycles. The number of nitrogens with zero attached hydrogens (tertiary/aromatic N) is 1. The van der Waals surface area contributed by atoms with Crippen molar-refractivity contribution in [1.29, 1.82) is 5.26 Å². The molecule has 0 aliphatic carbocycles. The number of para-hydroxylation sites is 1. The molecule has 0 saturated heterocycles. The Morgan fingerprint density at radius 1 is 1.21 bits per heavy atom. The van der Waals surface area contributed by atoms with Gasteiger partial charge in [-0.1, -0.05) is 12.1 Å². The number of halogens is 1. The molecule has 3 nitrogen and oxygen atoms in total. The fraction of sp³-hybridized carbons (Fsp3) is 0.133. The Bertz CT molecular complexity index is 615. The summed E-state index contributed by atoms with van der Waals surface area (Å²) in [5.41, 5.74) is 0.876. The topological polar surface area (TPSA) is 53.2 Å². The highest BCUT2D eigenvalue weighted by molar-refractivity contribution is 5.42. The molecule has 1 atom stereocenters. The van der Waals surface area contributed by atoms with Gasteiger partial charge in [0.05, 0.1) is 17.7 Å². The smallest absolute Gasteiger partial charge is 0.168 e. The first-order valence-corrected chi connectivity index (χ1v) is 5.76. The summed E-state index contributed by atoms with van der Waals surface area (Å²) in [5.74, 6) is -0.129. The predicted molar refractivity (Wildman–Crippen MR) is 68.3 cm³/mol. The quantitative estimate of drug-likeness (QED) is 0.914. The lowest BCUT2D eigenvalue weighted by Crippen LogP contribution is -1.98. The second kappa shape index (κ2) is 5.51. The summed E-state index contributed by atoms with van der Waals surface area (Å²) in [7, 11) is 0. The molecule has 0 bridgehead atoms. The van der Waals surface area contributed by atoms with Gasteiger partial charge in [0.1, 0.15) is 5.75 Å². The van der Waals surface area contributed by atoms with Crippen molar-refractivity contribution in [1.82, 2.24) is 0 Å². The molecule has 0 radical (unpaired) electrons. The van der Waals surface area contributed by atoms with Crippen molar-refractivity contribution in [3.8, 4) is 17.6 Å². The molecule has 0 fully saturated rings. The molecular formula is C15H12FNO2. The summed E-state index contributed by atoms with van der Waals surface area (Å²) in [4.78, 5) is 0. The molecule has 0 aliphatic heterocycles. The minimum atomic E-state index is -0.830. The molecule has 0 amide bonds. The average Bonchev–Trinajstić information content (AvgIpc) is 2.41. The number of benzene rings is 2. The minimum Gasteiger partial charge on any atom is -0.454 e. The van der Waals surface area contributed by atoms with E-state index < -0.39 is 11.9 Å². The Morgan fingerprint density at radius 2 is 1.89 bits per heavy atom. The van der Waals surface area contributed by atoms with E-state index in [4.69, 9.17) is 10.00 Å². The fourth-order valence-electron chi connectivity index (χ4n) is 1.68. The van der Waals surface area contributed by atoms with Crippen molar-refractivity contribution >= 4 is 0 Å². The SMILES string of the molecule is C[C@H](O)c1cccc(F)c1Oc1ccc(C#N)cc1. The number of aliphatic hydroxyl groups excluding tert-OH is 1. The minimum absolute atomic E-state index is 0.00204. The molecule has 0 heterocycles. The van der Waals surface area contributed by atoms with Crippen LogP contribution in [0.1, 0.15) is 24.2 Å². The fourth-order valence-corrected chi connectivity index (χ4v) is 1.68. The van der Waals surface area contributed by atoms with E-state index in [1.165, 1.54) is 12.1 Å². The van der Waals surface area contributed by atoms with E-state index in [1.807, 2.05) is 6.07 Å². The molecule has 0 spiro atoms. The van der Waals surface area contributed by atoms with Crippen molar-refractivity contribution in [2.45, 2.75) is 13.0 Å². The monoisotopic (exact) mass is 257 g/mol. The molecule has 2 aromatic carbocycles. The van der Waals surface area contributed by atoms with Crippen LogP contribution in [0.5, 0.6) is 11.5 Å². The summed E-state index contributed by atoms with van der Waals surface area (Å²) < 4.78 is 19.2. The number of hydrogen-bond acceptors (Lipinski definition) is 3. The van der Waals surface area contributed by atoms with Crippen LogP contribution in [-0.2, 0) is 0 Å². The van der Waals surface area contributed by atoms with Gasteiger partial charge in [-0.15, -0.1) is 0 Å². The number of hydrogen-bond donors (Lipinski definition) is 1. The van der Waals surface area contributed by atoms with Gasteiger partial charge in [-0.2, -0.15) is 5.26 Å². The molecule has 0 aliphatic rings. The van der Waals surface area contributed by atoms with Gasteiger partial charge in [0.25, 0.3) is 0 Å². The van der Waals surface area contributed by atoms with E-state index in [0.717, 1.165) is 0 Å². The van der Waals surface area contributed by atoms with E-state index >= 15 is 0 Å². The summed E-state index contributed by atoms with van der Waals surface area (Å²) in [6.45, 7) is 1.54. The van der Waals surface area contributed by atoms with Gasteiger partial charge < -0.3 is 9.84 Å². The van der Waals surface area contributed by atoms with Crippen LogP contribution in [-0.4, -0.2) is 5.11 Å². The van der Waals surface area contributed by atoms with Gasteiger partial charge in [0.2, 0.25) is 0 Å². The first-order valence-electron chi connectivity index (χ1n) is 5.76. The molecule has 96 valence electrons. The maximum absolute atomic E-state index is 13.8. The van der Waals surface area contributed by atoms with E-state index in [1.54, 1.807) is 37.3 Å². The Balaban J connectivity index is 2.34. The van der Waals surface area contributed by atoms with Crippen molar-refractivity contribution in [3.63, 3.8) is 0 Å². The summed E-state index contributed by atoms with van der Waals surface area (Å²) in [6, 6.07) is 12.7. The van der Waals surface area contributed by atoms with E-state index in [9.17, 15) is 9.50 Å². The van der Waals surface area contributed by atoms with Crippen LogP contribution in [0.15, 0.2) is 42.5 Å². The average molecular weight is 257 g/mol. The molecule has 2 rings (SSSR count). The molecule has 0 unspecified atom stereocenters. The second-order valence-corrected chi connectivity index (χ2v) is 4.07. The van der Waals surface area contributed by atoms with Gasteiger partial charge in [-0.25, -0.2) is 4.39 Å². The van der Waals surface area contributed by atoms with Crippen LogP contribution in [0.4, 0.5) is 4.39 Å². The maximum atomic E-state index is 13.8. The van der Waals surface area contributed by atoms with Gasteiger partial charge in [-0.05, 0) is 37.3 Å². The zero-order valence-corrected chi connectivity index (χ0v) is 10.3. The highest BCUT2D eigenvalue weighted by Gasteiger charge is 2.14. The molecule has 4 heteroatoms. The molecule has 0 saturated carbocycles. The van der Waals surface area contributed by atoms with Gasteiger partial charge in [0.15, 0.2) is 11.6 Å². The first kappa shape index (κ1) is 13.1. The second-order valence-electron chi connectivity index (χ2n) is 4.07. The third-order valence-corrected chi connectivity index (χ3v) is 2.65. The number of ether oxygens (including phenoxy) is 1. The van der Waals surface area contributed by atoms with Gasteiger partial charge in [-0.3, -0.25) is 0 Å². The summed E-state index contributed by atoms with van der Waals surface area (Å²) >= 11 is 0. The Labute approximate surface area is 110 Å². The van der Waals surface area contributed by atoms with Crippen LogP contribution >= 0.6 is 0 Å². The zero-order valence-electron chi connectivity index (χ0n) is 10.3. The lowest BCUT2D eigenvalue weighted by molar-refractivity contribution is 0.194. The molecule has 1 N–H and O–H groups in total. The lowest BCUT2D eigenvalue weighted by Gasteiger charge is -2.13. The number of aliphatic hydroxyl groups is 1. The van der Waals surface area contributed by atoms with Crippen molar-refractivity contribution < 1.29 is 14.2 Å². The predicted octanol–water partition coefficient (Wildman–Crippen LogP) is 3.54. The third-order valence-electron chi connectivity index (χ3n) is 2.65. The number of rotatable bonds is 3. The highest BCUT2D eigenvalue weighted by atomic mass is 19.1. The van der Waals surface area contributed by atoms with Crippen LogP contribution in [0, 0.1) is 17.1 Å². The molecule has 19 heavy (non-hydrogen) atoms. The molecular weight excluding hydrogens is 245 g/mol. The summed E-state index contributed by atoms with van der Waals surface area (Å²) in [6.07, 6.45) is -0.830. The van der Waals surface area contributed by atoms with Crippen molar-refractivity contribution in [2.75, 3.05) is 0 Å². The van der Waals surface area contributed by atoms with Crippen LogP contribution in [0.2, 0.25) is 0 Å². The highest BCUT2D eigenvalue weighted by Crippen LogP contribution is 2.32. The number of nitriles is 1. The Morgan fingerprint density at radius 3 is 2.47 bits per heavy atom. The summed E-state index contributed by atoms with van der Waals surface area (Å²) in [5, 5.41) is 18.3. The third kappa shape index (κ3) is 2.90. The molecule has 2 aromatic rings. The van der Waals surface area contributed by atoms with Crippen molar-refractivity contribution in [2.24, 2.45) is 0 Å². The van der Waals surface area contributed by atoms with Gasteiger partial charge in [0, 0.05) is 5.56 Å². The largest absolute Gasteiger partial charge is 0.454 e. The van der Waals surface area contributed by atoms with Crippen molar-refractivity contribution in [3.05, 3.63) is 59.4 Å². The zero-order chi connectivity index (χ0) is 13.8. The van der Waals surface area contributed by atoms with E-state index in [0.29, 0.717) is 16.9 Å². The lowest BCUT2D eigenvalue weighted by atomic mass is 10.1. The van der Waals surface area contributed by atoms with Crippen LogP contribution in [0.25, 0.3) is 0 Å². The Kier molecular flexibility index (Phi) is 3.79. The van der Waals surface area contributed by atoms with Crippen LogP contribution < -0.4 is 4.74 Å².